The van der Waals surface area contributed by atoms with E-state index in [2.05, 4.69) is 62.5 Å². The van der Waals surface area contributed by atoms with Gasteiger partial charge in [0.25, 0.3) is 7.82 Å². The predicted molar refractivity (Wildman–Crippen MR) is 430 cm³/mol. The Bertz CT molecular complexity index is 1810. The summed E-state index contributed by atoms with van der Waals surface area (Å²) in [6.45, 7) is 4.22. The van der Waals surface area contributed by atoms with Gasteiger partial charge < -0.3 is 27.9 Å². The van der Waals surface area contributed by atoms with Gasteiger partial charge in [-0.05, 0) is 51.4 Å². The number of esters is 2. The van der Waals surface area contributed by atoms with Crippen molar-refractivity contribution in [1.82, 2.24) is 0 Å². The van der Waals surface area contributed by atoms with Gasteiger partial charge in [-0.15, -0.1) is 0 Å². The Morgan fingerprint density at radius 3 is 0.859 bits per heavy atom. The van der Waals surface area contributed by atoms with Crippen molar-refractivity contribution in [3.63, 3.8) is 0 Å². The number of phosphoric ester groups is 1. The van der Waals surface area contributed by atoms with Crippen LogP contribution in [0.15, 0.2) is 48.6 Å². The van der Waals surface area contributed by atoms with E-state index in [1.165, 1.54) is 366 Å². The van der Waals surface area contributed by atoms with Gasteiger partial charge in [-0.2, -0.15) is 0 Å². The molecular weight excluding hydrogens is 1240 g/mol. The highest BCUT2D eigenvalue weighted by Crippen LogP contribution is 2.38. The number of allylic oxidation sites excluding steroid dienone is 8. The molecule has 0 aromatic rings. The maximum Gasteiger partial charge on any atom is 0.306 e. The molecule has 0 rings (SSSR count). The summed E-state index contributed by atoms with van der Waals surface area (Å²) in [4.78, 5) is 38.2. The average Bonchev–Trinajstić information content (AvgIpc) is 1.06. The van der Waals surface area contributed by atoms with E-state index in [0.717, 1.165) is 57.8 Å². The summed E-state index contributed by atoms with van der Waals surface area (Å²) in [5.41, 5.74) is 0. The lowest BCUT2D eigenvalue weighted by molar-refractivity contribution is -0.870. The highest BCUT2D eigenvalue weighted by molar-refractivity contribution is 7.45. The number of likely N-dealkylation sites (N-methyl/N-ethyl adjacent to an activating group) is 1. The number of hydrogen-bond donors (Lipinski definition) is 0. The van der Waals surface area contributed by atoms with Crippen LogP contribution in [0, 0.1) is 0 Å². The molecule has 0 fully saturated rings. The molecule has 10 heteroatoms. The van der Waals surface area contributed by atoms with Crippen molar-refractivity contribution in [2.75, 3.05) is 47.5 Å². The Kier molecular flexibility index (Phi) is 78.4. The molecule has 9 nitrogen and oxygen atoms in total. The molecule has 584 valence electrons. The Balaban J connectivity index is 3.84. The molecule has 2 atom stereocenters. The molecule has 99 heavy (non-hydrogen) atoms. The number of ether oxygens (including phenoxy) is 2. The van der Waals surface area contributed by atoms with Gasteiger partial charge in [-0.3, -0.25) is 14.2 Å². The minimum absolute atomic E-state index is 0.0274. The van der Waals surface area contributed by atoms with Crippen LogP contribution < -0.4 is 4.89 Å². The van der Waals surface area contributed by atoms with E-state index in [1.807, 2.05) is 21.1 Å². The predicted octanol–water partition coefficient (Wildman–Crippen LogP) is 28.8. The largest absolute Gasteiger partial charge is 0.756 e. The van der Waals surface area contributed by atoms with Crippen LogP contribution >= 0.6 is 7.82 Å². The van der Waals surface area contributed by atoms with E-state index in [9.17, 15) is 19.0 Å². The standard InChI is InChI=1S/C89H170NO8P/c1-6-8-10-12-14-16-18-20-22-24-26-28-30-32-34-36-38-40-42-43-44-45-46-48-49-51-53-55-57-59-61-63-65-67-69-71-73-75-77-79-81-88(91)95-85-87(86-97-99(93,94)96-84-83-90(3,4)5)98-89(92)82-80-78-76-74-72-70-68-66-64-62-60-58-56-54-52-50-47-41-39-37-35-33-31-29-27-25-23-21-19-17-15-13-11-9-7-2/h9,11,15,17,21,23,27,29,87H,6-8,10,12-14,16,18-20,22,24-26,28,30-86H2,1-5H3/b11-9-,17-15-,23-21-,29-27-. The Labute approximate surface area is 617 Å². The van der Waals surface area contributed by atoms with Crippen molar-refractivity contribution in [2.45, 2.75) is 463 Å². The number of rotatable bonds is 83. The minimum atomic E-state index is -4.64. The van der Waals surface area contributed by atoms with Crippen LogP contribution in [0.25, 0.3) is 0 Å². The molecule has 0 saturated carbocycles. The van der Waals surface area contributed by atoms with E-state index in [1.54, 1.807) is 0 Å². The lowest BCUT2D eigenvalue weighted by atomic mass is 10.0. The van der Waals surface area contributed by atoms with Crippen LogP contribution in [0.5, 0.6) is 0 Å². The third-order valence-electron chi connectivity index (χ3n) is 20.1. The molecule has 0 heterocycles. The number of unbranched alkanes of at least 4 members (excludes halogenated alkanes) is 61. The normalized spacial score (nSPS) is 13.2. The van der Waals surface area contributed by atoms with E-state index in [-0.39, 0.29) is 32.0 Å². The molecule has 0 aliphatic heterocycles. The molecule has 0 aromatic heterocycles. The molecule has 2 unspecified atom stereocenters. The molecule has 0 amide bonds. The second-order valence-electron chi connectivity index (χ2n) is 31.2. The third kappa shape index (κ3) is 84.8. The summed E-state index contributed by atoms with van der Waals surface area (Å²) in [6.07, 6.45) is 107. The van der Waals surface area contributed by atoms with Crippen molar-refractivity contribution in [1.29, 1.82) is 0 Å². The quantitative estimate of drug-likeness (QED) is 0.0195. The van der Waals surface area contributed by atoms with Crippen LogP contribution in [0.1, 0.15) is 457 Å². The van der Waals surface area contributed by atoms with Crippen molar-refractivity contribution in [3.8, 4) is 0 Å². The summed E-state index contributed by atoms with van der Waals surface area (Å²) in [6, 6.07) is 0. The van der Waals surface area contributed by atoms with Gasteiger partial charge in [0, 0.05) is 12.8 Å². The maximum atomic E-state index is 12.9. The fourth-order valence-electron chi connectivity index (χ4n) is 13.5. The first-order valence-corrected chi connectivity index (χ1v) is 45.3. The lowest BCUT2D eigenvalue weighted by Crippen LogP contribution is -2.37. The number of phosphoric acid groups is 1. The van der Waals surface area contributed by atoms with Crippen LogP contribution in [0.3, 0.4) is 0 Å². The summed E-state index contributed by atoms with van der Waals surface area (Å²) in [5, 5.41) is 0. The molecule has 0 radical (unpaired) electrons. The first-order valence-electron chi connectivity index (χ1n) is 43.8. The van der Waals surface area contributed by atoms with Crippen LogP contribution in [0.2, 0.25) is 0 Å². The molecule has 0 spiro atoms. The first kappa shape index (κ1) is 97.0. The van der Waals surface area contributed by atoms with Gasteiger partial charge in [-0.25, -0.2) is 0 Å². The monoisotopic (exact) mass is 1410 g/mol. The highest BCUT2D eigenvalue weighted by Gasteiger charge is 2.22. The van der Waals surface area contributed by atoms with Gasteiger partial charge in [0.2, 0.25) is 0 Å². The second-order valence-corrected chi connectivity index (χ2v) is 32.7. The third-order valence-corrected chi connectivity index (χ3v) is 21.1. The van der Waals surface area contributed by atoms with E-state index < -0.39 is 26.5 Å². The van der Waals surface area contributed by atoms with Gasteiger partial charge in [0.15, 0.2) is 6.10 Å². The SMILES string of the molecule is CC/C=C\C/C=C\C/C=C\C/C=C\CCCCCCCCCCCCCCCCCCCCCCCCC(=O)OC(COC(=O)CCCCCCCCCCCCCCCCCCCCCCCCCCCCCCCCCCCCCCCCCC)COP(=O)([O-])OCC[N+](C)(C)C. The molecule has 0 aromatic carbocycles. The van der Waals surface area contributed by atoms with Gasteiger partial charge in [0.05, 0.1) is 27.7 Å². The summed E-state index contributed by atoms with van der Waals surface area (Å²) in [7, 11) is 1.19. The molecule has 0 aliphatic rings. The van der Waals surface area contributed by atoms with Crippen molar-refractivity contribution >= 4 is 19.8 Å². The zero-order valence-corrected chi connectivity index (χ0v) is 67.9. The molecule has 0 aliphatic carbocycles. The maximum absolute atomic E-state index is 12.9. The fraction of sp³-hybridized carbons (Fsp3) is 0.888. The van der Waals surface area contributed by atoms with Crippen molar-refractivity contribution < 1.29 is 42.1 Å². The zero-order chi connectivity index (χ0) is 71.8. The van der Waals surface area contributed by atoms with Crippen LogP contribution in [-0.4, -0.2) is 70.0 Å². The summed E-state index contributed by atoms with van der Waals surface area (Å²) in [5.74, 6) is -0.805. The Morgan fingerprint density at radius 2 is 0.576 bits per heavy atom. The minimum Gasteiger partial charge on any atom is -0.756 e. The summed E-state index contributed by atoms with van der Waals surface area (Å²) < 4.78 is 34.5. The topological polar surface area (TPSA) is 111 Å². The fourth-order valence-corrected chi connectivity index (χ4v) is 14.2. The Morgan fingerprint density at radius 1 is 0.323 bits per heavy atom. The number of carbonyl (C=O) groups is 2. The Hall–Kier alpha value is -2.03. The molecular formula is C89H170NO8P. The second kappa shape index (κ2) is 80.1. The van der Waals surface area contributed by atoms with Gasteiger partial charge in [-0.1, -0.05) is 441 Å². The summed E-state index contributed by atoms with van der Waals surface area (Å²) >= 11 is 0. The number of nitrogens with zero attached hydrogens (tertiary/aromatic N) is 1. The van der Waals surface area contributed by atoms with Crippen LogP contribution in [0.4, 0.5) is 0 Å². The van der Waals surface area contributed by atoms with E-state index in [4.69, 9.17) is 18.5 Å². The first-order chi connectivity index (χ1) is 48.5. The smallest absolute Gasteiger partial charge is 0.306 e. The van der Waals surface area contributed by atoms with Crippen molar-refractivity contribution in [2.24, 2.45) is 0 Å². The van der Waals surface area contributed by atoms with E-state index in [0.29, 0.717) is 17.4 Å². The van der Waals surface area contributed by atoms with Gasteiger partial charge >= 0.3 is 11.9 Å². The number of carbonyl (C=O) groups excluding carboxylic acids is 2. The van der Waals surface area contributed by atoms with Crippen LogP contribution in [-0.2, 0) is 32.7 Å². The van der Waals surface area contributed by atoms with Crippen molar-refractivity contribution in [3.05, 3.63) is 48.6 Å². The lowest BCUT2D eigenvalue weighted by Gasteiger charge is -2.28. The van der Waals surface area contributed by atoms with Gasteiger partial charge in [0.1, 0.15) is 19.8 Å². The molecule has 0 bridgehead atoms. The zero-order valence-electron chi connectivity index (χ0n) is 67.0. The number of quaternary nitrogens is 1. The number of hydrogen-bond acceptors (Lipinski definition) is 8. The van der Waals surface area contributed by atoms with E-state index >= 15 is 0 Å². The molecule has 0 N–H and O–H groups in total. The average molecular weight is 1410 g/mol. The highest BCUT2D eigenvalue weighted by atomic mass is 31.2. The molecule has 0 saturated heterocycles.